The van der Waals surface area contributed by atoms with E-state index in [0.717, 1.165) is 18.4 Å². The molecule has 0 unspecified atom stereocenters. The van der Waals surface area contributed by atoms with Crippen molar-refractivity contribution in [3.05, 3.63) is 59.0 Å². The lowest BCUT2D eigenvalue weighted by Gasteiger charge is -2.27. The average molecular weight is 298 g/mol. The van der Waals surface area contributed by atoms with E-state index in [4.69, 9.17) is 10.2 Å². The number of nitrogens with one attached hydrogen (secondary N) is 1. The second-order valence-electron chi connectivity index (χ2n) is 5.56. The van der Waals surface area contributed by atoms with Gasteiger partial charge in [-0.25, -0.2) is 0 Å². The molecule has 0 spiro atoms. The average Bonchev–Trinajstić information content (AvgIpc) is 2.93. The van der Waals surface area contributed by atoms with E-state index < -0.39 is 5.91 Å². The van der Waals surface area contributed by atoms with Gasteiger partial charge in [0.25, 0.3) is 11.8 Å². The van der Waals surface area contributed by atoms with Crippen LogP contribution in [-0.4, -0.2) is 11.8 Å². The highest BCUT2D eigenvalue weighted by Gasteiger charge is 2.24. The molecule has 3 N–H and O–H groups in total. The first-order valence-electron chi connectivity index (χ1n) is 7.39. The van der Waals surface area contributed by atoms with Crippen LogP contribution >= 0.6 is 0 Å². The van der Waals surface area contributed by atoms with Gasteiger partial charge >= 0.3 is 0 Å². The van der Waals surface area contributed by atoms with Crippen LogP contribution in [0.15, 0.2) is 41.0 Å². The summed E-state index contributed by atoms with van der Waals surface area (Å²) in [6.07, 6.45) is 4.81. The van der Waals surface area contributed by atoms with Crippen molar-refractivity contribution in [2.24, 2.45) is 5.73 Å². The normalized spacial score (nSPS) is 14.4. The standard InChI is InChI=1S/C17H18N2O3/c18-16(20)12-8-13(22-10-12)9-19-17(21)15-7-2-1-6-14(15)11-4-3-5-11/h1-2,6-8,10-11H,3-5,9H2,(H2,18,20)(H,19,21). The lowest BCUT2D eigenvalue weighted by Crippen LogP contribution is -2.25. The summed E-state index contributed by atoms with van der Waals surface area (Å²) in [5, 5.41) is 2.83. The Labute approximate surface area is 128 Å². The summed E-state index contributed by atoms with van der Waals surface area (Å²) in [5.74, 6) is 0.325. The molecule has 0 bridgehead atoms. The molecule has 1 fully saturated rings. The third kappa shape index (κ3) is 2.88. The van der Waals surface area contributed by atoms with Crippen LogP contribution in [0.2, 0.25) is 0 Å². The predicted octanol–water partition coefficient (Wildman–Crippen LogP) is 2.58. The smallest absolute Gasteiger partial charge is 0.251 e. The van der Waals surface area contributed by atoms with Gasteiger partial charge in [-0.15, -0.1) is 0 Å². The number of hydrogen-bond donors (Lipinski definition) is 2. The molecule has 2 amide bonds. The molecule has 1 aliphatic carbocycles. The Morgan fingerprint density at radius 2 is 2.05 bits per heavy atom. The van der Waals surface area contributed by atoms with Gasteiger partial charge in [-0.05, 0) is 36.5 Å². The Morgan fingerprint density at radius 1 is 1.27 bits per heavy atom. The van der Waals surface area contributed by atoms with Crippen LogP contribution in [0, 0.1) is 0 Å². The van der Waals surface area contributed by atoms with Crippen LogP contribution in [0.1, 0.15) is 57.2 Å². The Balaban J connectivity index is 1.68. The van der Waals surface area contributed by atoms with Crippen LogP contribution in [0.5, 0.6) is 0 Å². The molecule has 114 valence electrons. The first kappa shape index (κ1) is 14.4. The minimum absolute atomic E-state index is 0.125. The lowest BCUT2D eigenvalue weighted by atomic mass is 9.78. The quantitative estimate of drug-likeness (QED) is 0.889. The van der Waals surface area contributed by atoms with E-state index in [9.17, 15) is 9.59 Å². The monoisotopic (exact) mass is 298 g/mol. The Kier molecular flexibility index (Phi) is 3.96. The molecule has 1 heterocycles. The SMILES string of the molecule is NC(=O)c1coc(CNC(=O)c2ccccc2C2CCC2)c1. The van der Waals surface area contributed by atoms with Crippen LogP contribution in [0.25, 0.3) is 0 Å². The van der Waals surface area contributed by atoms with E-state index in [2.05, 4.69) is 5.32 Å². The van der Waals surface area contributed by atoms with Gasteiger partial charge in [0.05, 0.1) is 12.1 Å². The van der Waals surface area contributed by atoms with Crippen molar-refractivity contribution in [3.8, 4) is 0 Å². The van der Waals surface area contributed by atoms with Gasteiger partial charge in [-0.3, -0.25) is 9.59 Å². The number of hydrogen-bond acceptors (Lipinski definition) is 3. The number of primary amides is 1. The minimum Gasteiger partial charge on any atom is -0.467 e. The number of amides is 2. The van der Waals surface area contributed by atoms with Gasteiger partial charge in [0, 0.05) is 5.56 Å². The molecule has 5 heteroatoms. The van der Waals surface area contributed by atoms with Gasteiger partial charge < -0.3 is 15.5 Å². The third-order valence-electron chi connectivity index (χ3n) is 4.11. The molecule has 1 aromatic heterocycles. The number of benzene rings is 1. The van der Waals surface area contributed by atoms with Gasteiger partial charge in [0.2, 0.25) is 0 Å². The molecular formula is C17H18N2O3. The van der Waals surface area contributed by atoms with E-state index in [0.29, 0.717) is 22.8 Å². The maximum atomic E-state index is 12.4. The molecule has 1 aliphatic rings. The molecule has 5 nitrogen and oxygen atoms in total. The Morgan fingerprint density at radius 3 is 2.68 bits per heavy atom. The summed E-state index contributed by atoms with van der Waals surface area (Å²) in [7, 11) is 0. The van der Waals surface area contributed by atoms with Crippen molar-refractivity contribution in [2.45, 2.75) is 31.7 Å². The highest BCUT2D eigenvalue weighted by Crippen LogP contribution is 2.37. The van der Waals surface area contributed by atoms with Crippen molar-refractivity contribution in [3.63, 3.8) is 0 Å². The highest BCUT2D eigenvalue weighted by molar-refractivity contribution is 5.96. The zero-order chi connectivity index (χ0) is 15.5. The third-order valence-corrected chi connectivity index (χ3v) is 4.11. The second kappa shape index (κ2) is 6.05. The fourth-order valence-corrected chi connectivity index (χ4v) is 2.64. The molecule has 22 heavy (non-hydrogen) atoms. The van der Waals surface area contributed by atoms with Crippen LogP contribution in [0.4, 0.5) is 0 Å². The van der Waals surface area contributed by atoms with Gasteiger partial charge in [0.15, 0.2) is 0 Å². The summed E-state index contributed by atoms with van der Waals surface area (Å²) in [6, 6.07) is 9.25. The van der Waals surface area contributed by atoms with Crippen LogP contribution in [-0.2, 0) is 6.54 Å². The fraction of sp³-hybridized carbons (Fsp3) is 0.294. The van der Waals surface area contributed by atoms with Crippen LogP contribution < -0.4 is 11.1 Å². The Bertz CT molecular complexity index is 701. The van der Waals surface area contributed by atoms with Crippen molar-refractivity contribution < 1.29 is 14.0 Å². The maximum absolute atomic E-state index is 12.4. The largest absolute Gasteiger partial charge is 0.467 e. The first-order chi connectivity index (χ1) is 10.6. The molecule has 3 rings (SSSR count). The molecule has 2 aromatic rings. The van der Waals surface area contributed by atoms with Crippen molar-refractivity contribution in [2.75, 3.05) is 0 Å². The van der Waals surface area contributed by atoms with Gasteiger partial charge in [-0.1, -0.05) is 24.6 Å². The van der Waals surface area contributed by atoms with E-state index in [1.54, 1.807) is 6.07 Å². The molecule has 0 atom stereocenters. The topological polar surface area (TPSA) is 85.3 Å². The number of carbonyl (C=O) groups is 2. The predicted molar refractivity (Wildman–Crippen MR) is 81.4 cm³/mol. The first-order valence-corrected chi connectivity index (χ1v) is 7.39. The number of furan rings is 1. The Hall–Kier alpha value is -2.56. The highest BCUT2D eigenvalue weighted by atomic mass is 16.3. The summed E-state index contributed by atoms with van der Waals surface area (Å²) in [5.41, 5.74) is 7.30. The summed E-state index contributed by atoms with van der Waals surface area (Å²) in [4.78, 5) is 23.4. The number of rotatable bonds is 5. The molecular weight excluding hydrogens is 280 g/mol. The summed E-state index contributed by atoms with van der Waals surface area (Å²) >= 11 is 0. The van der Waals surface area contributed by atoms with Crippen LogP contribution in [0.3, 0.4) is 0 Å². The van der Waals surface area contributed by atoms with Gasteiger partial charge in [0.1, 0.15) is 12.0 Å². The molecule has 0 aliphatic heterocycles. The van der Waals surface area contributed by atoms with Crippen molar-refractivity contribution >= 4 is 11.8 Å². The summed E-state index contributed by atoms with van der Waals surface area (Å²) < 4.78 is 5.21. The number of nitrogens with two attached hydrogens (primary N) is 1. The molecule has 0 radical (unpaired) electrons. The van der Waals surface area contributed by atoms with E-state index in [1.165, 1.54) is 12.7 Å². The van der Waals surface area contributed by atoms with E-state index >= 15 is 0 Å². The molecule has 0 saturated heterocycles. The minimum atomic E-state index is -0.545. The van der Waals surface area contributed by atoms with Crippen molar-refractivity contribution in [1.82, 2.24) is 5.32 Å². The zero-order valence-corrected chi connectivity index (χ0v) is 12.2. The van der Waals surface area contributed by atoms with E-state index in [-0.39, 0.29) is 12.5 Å². The second-order valence-corrected chi connectivity index (χ2v) is 5.56. The fourth-order valence-electron chi connectivity index (χ4n) is 2.64. The van der Waals surface area contributed by atoms with Crippen molar-refractivity contribution in [1.29, 1.82) is 0 Å². The van der Waals surface area contributed by atoms with E-state index in [1.807, 2.05) is 24.3 Å². The lowest BCUT2D eigenvalue weighted by molar-refractivity contribution is 0.0944. The number of carbonyl (C=O) groups excluding carboxylic acids is 2. The maximum Gasteiger partial charge on any atom is 0.251 e. The zero-order valence-electron chi connectivity index (χ0n) is 12.2. The van der Waals surface area contributed by atoms with Gasteiger partial charge in [-0.2, -0.15) is 0 Å². The summed E-state index contributed by atoms with van der Waals surface area (Å²) in [6.45, 7) is 0.227. The molecule has 1 aromatic carbocycles. The molecule has 1 saturated carbocycles.